The molecule has 0 spiro atoms. The van der Waals surface area contributed by atoms with Gasteiger partial charge in [-0.05, 0) is 24.8 Å². The summed E-state index contributed by atoms with van der Waals surface area (Å²) in [6.07, 6.45) is 3.17. The van der Waals surface area contributed by atoms with Gasteiger partial charge in [-0.3, -0.25) is 4.79 Å². The summed E-state index contributed by atoms with van der Waals surface area (Å²) in [5.74, 6) is 0.946. The first-order chi connectivity index (χ1) is 9.15. The van der Waals surface area contributed by atoms with E-state index in [0.717, 1.165) is 19.4 Å². The number of anilines is 1. The highest BCUT2D eigenvalue weighted by Gasteiger charge is 2.27. The molecule has 19 heavy (non-hydrogen) atoms. The number of carbonyl (C=O) groups is 1. The SMILES string of the molecule is CNc1cc(C(=O)N2CCC(CCO)C2)c(Cl)cn1. The predicted molar refractivity (Wildman–Crippen MR) is 74.5 cm³/mol. The lowest BCUT2D eigenvalue weighted by atomic mass is 10.1. The maximum Gasteiger partial charge on any atom is 0.255 e. The van der Waals surface area contributed by atoms with Crippen LogP contribution >= 0.6 is 11.6 Å². The molecule has 1 atom stereocenters. The smallest absolute Gasteiger partial charge is 0.255 e. The number of aromatic nitrogens is 1. The molecule has 1 aliphatic heterocycles. The molecule has 1 aliphatic rings. The monoisotopic (exact) mass is 283 g/mol. The Morgan fingerprint density at radius 1 is 1.68 bits per heavy atom. The van der Waals surface area contributed by atoms with Gasteiger partial charge in [-0.1, -0.05) is 11.6 Å². The topological polar surface area (TPSA) is 65.5 Å². The van der Waals surface area contributed by atoms with Crippen molar-refractivity contribution in [2.45, 2.75) is 12.8 Å². The Bertz CT molecular complexity index is 467. The van der Waals surface area contributed by atoms with Crippen molar-refractivity contribution in [1.29, 1.82) is 0 Å². The molecule has 2 rings (SSSR count). The second-order valence-electron chi connectivity index (χ2n) is 4.72. The average molecular weight is 284 g/mol. The normalized spacial score (nSPS) is 18.7. The van der Waals surface area contributed by atoms with E-state index in [4.69, 9.17) is 16.7 Å². The lowest BCUT2D eigenvalue weighted by molar-refractivity contribution is 0.0785. The van der Waals surface area contributed by atoms with E-state index in [0.29, 0.717) is 28.9 Å². The Morgan fingerprint density at radius 2 is 2.47 bits per heavy atom. The van der Waals surface area contributed by atoms with E-state index in [1.54, 1.807) is 18.0 Å². The minimum Gasteiger partial charge on any atom is -0.396 e. The first-order valence-corrected chi connectivity index (χ1v) is 6.77. The molecule has 1 aromatic heterocycles. The van der Waals surface area contributed by atoms with Crippen LogP contribution in [-0.4, -0.2) is 47.6 Å². The number of aliphatic hydroxyl groups excluding tert-OH is 1. The van der Waals surface area contributed by atoms with Crippen LogP contribution in [0.2, 0.25) is 5.02 Å². The quantitative estimate of drug-likeness (QED) is 0.881. The summed E-state index contributed by atoms with van der Waals surface area (Å²) in [6.45, 7) is 1.58. The lowest BCUT2D eigenvalue weighted by Crippen LogP contribution is -2.29. The van der Waals surface area contributed by atoms with E-state index in [2.05, 4.69) is 10.3 Å². The Hall–Kier alpha value is -1.33. The van der Waals surface area contributed by atoms with Crippen LogP contribution < -0.4 is 5.32 Å². The first-order valence-electron chi connectivity index (χ1n) is 6.39. The zero-order valence-electron chi connectivity index (χ0n) is 10.9. The highest BCUT2D eigenvalue weighted by Crippen LogP contribution is 2.25. The van der Waals surface area contributed by atoms with E-state index in [1.807, 2.05) is 0 Å². The van der Waals surface area contributed by atoms with Crippen molar-refractivity contribution in [3.63, 3.8) is 0 Å². The van der Waals surface area contributed by atoms with Crippen molar-refractivity contribution in [1.82, 2.24) is 9.88 Å². The second-order valence-corrected chi connectivity index (χ2v) is 5.12. The number of aliphatic hydroxyl groups is 1. The fourth-order valence-electron chi connectivity index (χ4n) is 2.34. The third kappa shape index (κ3) is 3.16. The molecule has 104 valence electrons. The number of hydrogen-bond donors (Lipinski definition) is 2. The molecule has 0 radical (unpaired) electrons. The molecule has 0 saturated carbocycles. The summed E-state index contributed by atoms with van der Waals surface area (Å²) in [5.41, 5.74) is 0.477. The number of pyridine rings is 1. The average Bonchev–Trinajstić information content (AvgIpc) is 2.88. The van der Waals surface area contributed by atoms with Crippen molar-refractivity contribution in [3.8, 4) is 0 Å². The Balaban J connectivity index is 2.12. The molecule has 2 N–H and O–H groups in total. The highest BCUT2D eigenvalue weighted by atomic mass is 35.5. The molecule has 2 heterocycles. The summed E-state index contributed by atoms with van der Waals surface area (Å²) >= 11 is 6.05. The van der Waals surface area contributed by atoms with Crippen molar-refractivity contribution in [2.75, 3.05) is 32.1 Å². The van der Waals surface area contributed by atoms with Gasteiger partial charge in [0.05, 0.1) is 10.6 Å². The number of likely N-dealkylation sites (tertiary alicyclic amines) is 1. The van der Waals surface area contributed by atoms with Gasteiger partial charge < -0.3 is 15.3 Å². The van der Waals surface area contributed by atoms with Gasteiger partial charge in [0.2, 0.25) is 0 Å². The maximum absolute atomic E-state index is 12.4. The van der Waals surface area contributed by atoms with Gasteiger partial charge in [-0.15, -0.1) is 0 Å². The number of hydrogen-bond acceptors (Lipinski definition) is 4. The van der Waals surface area contributed by atoms with Gasteiger partial charge in [0.15, 0.2) is 0 Å². The molecule has 0 bridgehead atoms. The zero-order valence-corrected chi connectivity index (χ0v) is 11.7. The van der Waals surface area contributed by atoms with Gasteiger partial charge in [0.25, 0.3) is 5.91 Å². The molecule has 1 saturated heterocycles. The summed E-state index contributed by atoms with van der Waals surface area (Å²) in [4.78, 5) is 18.3. The van der Waals surface area contributed by atoms with E-state index >= 15 is 0 Å². The molecule has 6 heteroatoms. The molecular weight excluding hydrogens is 266 g/mol. The molecule has 1 amide bonds. The Morgan fingerprint density at radius 3 is 3.16 bits per heavy atom. The standard InChI is InChI=1S/C13H18ClN3O2/c1-15-12-6-10(11(14)7-16-12)13(19)17-4-2-9(8-17)3-5-18/h6-7,9,18H,2-5,8H2,1H3,(H,15,16). The number of nitrogens with zero attached hydrogens (tertiary/aromatic N) is 2. The first kappa shape index (κ1) is 14.1. The molecule has 1 aromatic rings. The van der Waals surface area contributed by atoms with Gasteiger partial charge in [-0.25, -0.2) is 4.98 Å². The fourth-order valence-corrected chi connectivity index (χ4v) is 2.53. The van der Waals surface area contributed by atoms with Crippen LogP contribution in [0.3, 0.4) is 0 Å². The van der Waals surface area contributed by atoms with E-state index in [9.17, 15) is 4.79 Å². The third-order valence-electron chi connectivity index (χ3n) is 3.45. The van der Waals surface area contributed by atoms with Gasteiger partial charge >= 0.3 is 0 Å². The van der Waals surface area contributed by atoms with Crippen LogP contribution in [0.1, 0.15) is 23.2 Å². The number of halogens is 1. The van der Waals surface area contributed by atoms with Crippen LogP contribution in [0.4, 0.5) is 5.82 Å². The van der Waals surface area contributed by atoms with Gasteiger partial charge in [0, 0.05) is 32.9 Å². The third-order valence-corrected chi connectivity index (χ3v) is 3.75. The Labute approximate surface area is 117 Å². The van der Waals surface area contributed by atoms with Crippen molar-refractivity contribution >= 4 is 23.3 Å². The fraction of sp³-hybridized carbons (Fsp3) is 0.538. The lowest BCUT2D eigenvalue weighted by Gasteiger charge is -2.17. The van der Waals surface area contributed by atoms with Crippen LogP contribution in [0, 0.1) is 5.92 Å². The maximum atomic E-state index is 12.4. The van der Waals surface area contributed by atoms with Crippen molar-refractivity contribution in [3.05, 3.63) is 22.8 Å². The highest BCUT2D eigenvalue weighted by molar-refractivity contribution is 6.33. The minimum atomic E-state index is -0.0654. The molecule has 1 unspecified atom stereocenters. The van der Waals surface area contributed by atoms with E-state index in [1.165, 1.54) is 6.20 Å². The van der Waals surface area contributed by atoms with E-state index in [-0.39, 0.29) is 12.5 Å². The number of rotatable bonds is 4. The zero-order chi connectivity index (χ0) is 13.8. The van der Waals surface area contributed by atoms with Crippen LogP contribution in [0.5, 0.6) is 0 Å². The van der Waals surface area contributed by atoms with Crippen LogP contribution in [0.15, 0.2) is 12.3 Å². The van der Waals surface area contributed by atoms with Crippen LogP contribution in [0.25, 0.3) is 0 Å². The van der Waals surface area contributed by atoms with Gasteiger partial charge in [-0.2, -0.15) is 0 Å². The Kier molecular flexibility index (Phi) is 4.61. The minimum absolute atomic E-state index is 0.0654. The number of nitrogens with one attached hydrogen (secondary N) is 1. The summed E-state index contributed by atoms with van der Waals surface area (Å²) in [7, 11) is 1.75. The molecule has 0 aliphatic carbocycles. The van der Waals surface area contributed by atoms with E-state index < -0.39 is 0 Å². The summed E-state index contributed by atoms with van der Waals surface area (Å²) in [5, 5.41) is 12.2. The molecule has 5 nitrogen and oxygen atoms in total. The molecular formula is C13H18ClN3O2. The summed E-state index contributed by atoms with van der Waals surface area (Å²) < 4.78 is 0. The van der Waals surface area contributed by atoms with Gasteiger partial charge in [0.1, 0.15) is 5.82 Å². The molecule has 1 fully saturated rings. The van der Waals surface area contributed by atoms with Crippen LogP contribution in [-0.2, 0) is 0 Å². The van der Waals surface area contributed by atoms with Crippen molar-refractivity contribution < 1.29 is 9.90 Å². The van der Waals surface area contributed by atoms with Crippen molar-refractivity contribution in [2.24, 2.45) is 5.92 Å². The summed E-state index contributed by atoms with van der Waals surface area (Å²) in [6, 6.07) is 1.67. The number of carbonyl (C=O) groups excluding carboxylic acids is 1. The predicted octanol–water partition coefficient (Wildman–Crippen LogP) is 1.62. The second kappa shape index (κ2) is 6.21. The molecule has 0 aromatic carbocycles. The number of amides is 1. The largest absolute Gasteiger partial charge is 0.396 e.